The SMILES string of the molecule is CCN(C(=O)c1ccc(C(C)C)cc1S)C1CCN(C)CC1. The van der Waals surface area contributed by atoms with Crippen molar-refractivity contribution in [3.8, 4) is 0 Å². The molecule has 0 unspecified atom stereocenters. The van der Waals surface area contributed by atoms with E-state index >= 15 is 0 Å². The first kappa shape index (κ1) is 17.4. The molecule has 0 aromatic heterocycles. The molecule has 0 radical (unpaired) electrons. The molecule has 1 saturated heterocycles. The van der Waals surface area contributed by atoms with E-state index in [0.29, 0.717) is 12.0 Å². The minimum Gasteiger partial charge on any atom is -0.336 e. The number of nitrogens with zero attached hydrogens (tertiary/aromatic N) is 2. The number of hydrogen-bond acceptors (Lipinski definition) is 3. The predicted octanol–water partition coefficient (Wildman–Crippen LogP) is 3.66. The number of rotatable bonds is 4. The zero-order valence-corrected chi connectivity index (χ0v) is 15.1. The largest absolute Gasteiger partial charge is 0.336 e. The van der Waals surface area contributed by atoms with E-state index in [1.165, 1.54) is 5.56 Å². The summed E-state index contributed by atoms with van der Waals surface area (Å²) in [7, 11) is 2.14. The summed E-state index contributed by atoms with van der Waals surface area (Å²) in [6.07, 6.45) is 2.12. The molecule has 1 fully saturated rings. The molecule has 22 heavy (non-hydrogen) atoms. The molecule has 0 bridgehead atoms. The summed E-state index contributed by atoms with van der Waals surface area (Å²) >= 11 is 4.56. The van der Waals surface area contributed by atoms with Crippen molar-refractivity contribution in [2.45, 2.75) is 50.5 Å². The fourth-order valence-corrected chi connectivity index (χ4v) is 3.44. The van der Waals surface area contributed by atoms with Crippen LogP contribution < -0.4 is 0 Å². The Morgan fingerprint density at radius 3 is 2.50 bits per heavy atom. The number of carbonyl (C=O) groups is 1. The summed E-state index contributed by atoms with van der Waals surface area (Å²) in [6.45, 7) is 9.26. The van der Waals surface area contributed by atoms with Crippen molar-refractivity contribution in [3.05, 3.63) is 29.3 Å². The molecule has 1 aromatic rings. The average Bonchev–Trinajstić information content (AvgIpc) is 2.49. The number of piperidine rings is 1. The molecule has 4 heteroatoms. The molecule has 0 spiro atoms. The highest BCUT2D eigenvalue weighted by molar-refractivity contribution is 7.80. The van der Waals surface area contributed by atoms with Gasteiger partial charge in [-0.2, -0.15) is 0 Å². The fourth-order valence-electron chi connectivity index (χ4n) is 3.12. The average molecular weight is 321 g/mol. The standard InChI is InChI=1S/C18H28N2OS/c1-5-20(15-8-10-19(4)11-9-15)18(21)16-7-6-14(13(2)3)12-17(16)22/h6-7,12-13,15,22H,5,8-11H2,1-4H3. The first-order chi connectivity index (χ1) is 10.4. The van der Waals surface area contributed by atoms with Crippen molar-refractivity contribution in [1.29, 1.82) is 0 Å². The molecule has 1 aliphatic heterocycles. The predicted molar refractivity (Wildman–Crippen MR) is 95.0 cm³/mol. The van der Waals surface area contributed by atoms with Crippen LogP contribution in [-0.4, -0.2) is 48.4 Å². The number of likely N-dealkylation sites (tertiary alicyclic amines) is 1. The van der Waals surface area contributed by atoms with Crippen molar-refractivity contribution in [3.63, 3.8) is 0 Å². The third kappa shape index (κ3) is 3.85. The van der Waals surface area contributed by atoms with E-state index in [4.69, 9.17) is 0 Å². The summed E-state index contributed by atoms with van der Waals surface area (Å²) in [5, 5.41) is 0. The van der Waals surface area contributed by atoms with E-state index in [0.717, 1.165) is 42.9 Å². The van der Waals surface area contributed by atoms with Gasteiger partial charge in [0.1, 0.15) is 0 Å². The minimum atomic E-state index is 0.123. The van der Waals surface area contributed by atoms with Gasteiger partial charge in [0.15, 0.2) is 0 Å². The maximum absolute atomic E-state index is 12.9. The van der Waals surface area contributed by atoms with Crippen LogP contribution in [0.15, 0.2) is 23.1 Å². The lowest BCUT2D eigenvalue weighted by Gasteiger charge is -2.37. The van der Waals surface area contributed by atoms with Crippen LogP contribution in [0, 0.1) is 0 Å². The Bertz CT molecular complexity index is 522. The third-order valence-electron chi connectivity index (χ3n) is 4.65. The lowest BCUT2D eigenvalue weighted by Crippen LogP contribution is -2.46. The molecule has 2 rings (SSSR count). The molecule has 0 N–H and O–H groups in total. The van der Waals surface area contributed by atoms with Crippen molar-refractivity contribution in [1.82, 2.24) is 9.80 Å². The van der Waals surface area contributed by atoms with Crippen LogP contribution in [-0.2, 0) is 0 Å². The van der Waals surface area contributed by atoms with Gasteiger partial charge in [-0.15, -0.1) is 12.6 Å². The number of amides is 1. The maximum Gasteiger partial charge on any atom is 0.255 e. The third-order valence-corrected chi connectivity index (χ3v) is 5.02. The number of carbonyl (C=O) groups excluding carboxylic acids is 1. The van der Waals surface area contributed by atoms with Crippen molar-refractivity contribution in [2.24, 2.45) is 0 Å². The number of thiol groups is 1. The van der Waals surface area contributed by atoms with Gasteiger partial charge >= 0.3 is 0 Å². The Hall–Kier alpha value is -1.00. The minimum absolute atomic E-state index is 0.123. The highest BCUT2D eigenvalue weighted by Crippen LogP contribution is 2.25. The molecule has 1 aliphatic rings. The van der Waals surface area contributed by atoms with Crippen LogP contribution >= 0.6 is 12.6 Å². The van der Waals surface area contributed by atoms with Gasteiger partial charge in [0.2, 0.25) is 0 Å². The van der Waals surface area contributed by atoms with Crippen LogP contribution in [0.1, 0.15) is 55.5 Å². The van der Waals surface area contributed by atoms with E-state index in [9.17, 15) is 4.79 Å². The van der Waals surface area contributed by atoms with Crippen molar-refractivity contribution < 1.29 is 4.79 Å². The van der Waals surface area contributed by atoms with Crippen LogP contribution in [0.3, 0.4) is 0 Å². The molecular weight excluding hydrogens is 292 g/mol. The molecule has 3 nitrogen and oxygen atoms in total. The monoisotopic (exact) mass is 320 g/mol. The Kier molecular flexibility index (Phi) is 5.93. The van der Waals surface area contributed by atoms with Gasteiger partial charge in [0.05, 0.1) is 5.56 Å². The van der Waals surface area contributed by atoms with E-state index in [2.05, 4.69) is 51.4 Å². The Morgan fingerprint density at radius 1 is 1.36 bits per heavy atom. The smallest absolute Gasteiger partial charge is 0.255 e. The van der Waals surface area contributed by atoms with E-state index in [-0.39, 0.29) is 5.91 Å². The van der Waals surface area contributed by atoms with Gasteiger partial charge in [0, 0.05) is 17.5 Å². The van der Waals surface area contributed by atoms with Crippen LogP contribution in [0.2, 0.25) is 0 Å². The lowest BCUT2D eigenvalue weighted by atomic mass is 9.99. The highest BCUT2D eigenvalue weighted by Gasteiger charge is 2.27. The molecule has 0 aliphatic carbocycles. The molecule has 0 saturated carbocycles. The highest BCUT2D eigenvalue weighted by atomic mass is 32.1. The van der Waals surface area contributed by atoms with Gasteiger partial charge < -0.3 is 9.80 Å². The van der Waals surface area contributed by atoms with E-state index in [1.807, 2.05) is 17.0 Å². The Balaban J connectivity index is 2.18. The normalized spacial score (nSPS) is 17.0. The summed E-state index contributed by atoms with van der Waals surface area (Å²) < 4.78 is 0. The second-order valence-corrected chi connectivity index (χ2v) is 7.04. The molecule has 122 valence electrons. The molecule has 1 heterocycles. The molecular formula is C18H28N2OS. The number of benzene rings is 1. The zero-order chi connectivity index (χ0) is 16.3. The lowest BCUT2D eigenvalue weighted by molar-refractivity contribution is 0.0603. The van der Waals surface area contributed by atoms with Gasteiger partial charge in [-0.3, -0.25) is 4.79 Å². The number of hydrogen-bond donors (Lipinski definition) is 1. The molecule has 1 aromatic carbocycles. The Morgan fingerprint density at radius 2 is 2.00 bits per heavy atom. The second-order valence-electron chi connectivity index (χ2n) is 6.56. The molecule has 0 atom stereocenters. The van der Waals surface area contributed by atoms with E-state index in [1.54, 1.807) is 0 Å². The fraction of sp³-hybridized carbons (Fsp3) is 0.611. The first-order valence-electron chi connectivity index (χ1n) is 8.26. The van der Waals surface area contributed by atoms with Gasteiger partial charge in [-0.25, -0.2) is 0 Å². The topological polar surface area (TPSA) is 23.6 Å². The van der Waals surface area contributed by atoms with Gasteiger partial charge in [-0.1, -0.05) is 19.9 Å². The first-order valence-corrected chi connectivity index (χ1v) is 8.71. The van der Waals surface area contributed by atoms with Crippen molar-refractivity contribution >= 4 is 18.5 Å². The summed E-state index contributed by atoms with van der Waals surface area (Å²) in [5.74, 6) is 0.573. The summed E-state index contributed by atoms with van der Waals surface area (Å²) in [5.41, 5.74) is 1.96. The van der Waals surface area contributed by atoms with Crippen LogP contribution in [0.5, 0.6) is 0 Å². The zero-order valence-electron chi connectivity index (χ0n) is 14.2. The summed E-state index contributed by atoms with van der Waals surface area (Å²) in [4.78, 5) is 18.1. The van der Waals surface area contributed by atoms with Crippen LogP contribution in [0.25, 0.3) is 0 Å². The van der Waals surface area contributed by atoms with Crippen LogP contribution in [0.4, 0.5) is 0 Å². The van der Waals surface area contributed by atoms with Crippen molar-refractivity contribution in [2.75, 3.05) is 26.7 Å². The maximum atomic E-state index is 12.9. The quantitative estimate of drug-likeness (QED) is 0.856. The van der Waals surface area contributed by atoms with Gasteiger partial charge in [-0.05, 0) is 63.5 Å². The Labute approximate surface area is 140 Å². The van der Waals surface area contributed by atoms with E-state index < -0.39 is 0 Å². The van der Waals surface area contributed by atoms with Gasteiger partial charge in [0.25, 0.3) is 5.91 Å². The molecule has 1 amide bonds. The summed E-state index contributed by atoms with van der Waals surface area (Å²) in [6, 6.07) is 6.38. The second kappa shape index (κ2) is 7.51.